The normalized spacial score (nSPS) is 17.4. The number of allylic oxidation sites excluding steroid dienone is 1. The van der Waals surface area contributed by atoms with E-state index in [1.54, 1.807) is 19.1 Å². The van der Waals surface area contributed by atoms with Gasteiger partial charge in [0.25, 0.3) is 0 Å². The maximum absolute atomic E-state index is 12.2. The minimum Gasteiger partial charge on any atom is -0.481 e. The molecule has 0 spiro atoms. The van der Waals surface area contributed by atoms with Gasteiger partial charge in [0.15, 0.2) is 0 Å². The minimum absolute atomic E-state index is 0.0853. The fourth-order valence-electron chi connectivity index (χ4n) is 2.67. The van der Waals surface area contributed by atoms with Gasteiger partial charge in [0.1, 0.15) is 5.41 Å². The molecule has 1 aromatic carbocycles. The molecule has 1 amide bonds. The second-order valence-corrected chi connectivity index (χ2v) is 5.80. The van der Waals surface area contributed by atoms with Gasteiger partial charge in [0.2, 0.25) is 5.91 Å². The molecule has 4 heteroatoms. The summed E-state index contributed by atoms with van der Waals surface area (Å²) in [5.74, 6) is -1.07. The average Bonchev–Trinajstić information content (AvgIpc) is 2.91. The van der Waals surface area contributed by atoms with Crippen LogP contribution in [0.15, 0.2) is 41.5 Å². The Morgan fingerprint density at radius 2 is 1.90 bits per heavy atom. The summed E-state index contributed by atoms with van der Waals surface area (Å²) in [7, 11) is 0. The third-order valence-electron chi connectivity index (χ3n) is 4.25. The summed E-state index contributed by atoms with van der Waals surface area (Å²) in [4.78, 5) is 23.9. The Kier molecular flexibility index (Phi) is 4.46. The van der Waals surface area contributed by atoms with E-state index in [4.69, 9.17) is 0 Å². The summed E-state index contributed by atoms with van der Waals surface area (Å²) in [6.07, 6.45) is 2.74. The zero-order valence-corrected chi connectivity index (χ0v) is 12.5. The lowest BCUT2D eigenvalue weighted by molar-refractivity contribution is -0.143. The van der Waals surface area contributed by atoms with Gasteiger partial charge in [0, 0.05) is 12.1 Å². The highest BCUT2D eigenvalue weighted by Crippen LogP contribution is 2.27. The fourth-order valence-corrected chi connectivity index (χ4v) is 2.67. The van der Waals surface area contributed by atoms with Crippen molar-refractivity contribution in [3.05, 3.63) is 47.0 Å². The molecule has 0 aromatic heterocycles. The number of carboxylic acids is 1. The summed E-state index contributed by atoms with van der Waals surface area (Å²) in [6.45, 7) is 3.69. The summed E-state index contributed by atoms with van der Waals surface area (Å²) < 4.78 is 0. The number of hydrogen-bond acceptors (Lipinski definition) is 2. The quantitative estimate of drug-likeness (QED) is 0.875. The van der Waals surface area contributed by atoms with Gasteiger partial charge in [0.05, 0.1) is 0 Å². The van der Waals surface area contributed by atoms with E-state index in [0.29, 0.717) is 5.56 Å². The zero-order valence-electron chi connectivity index (χ0n) is 12.5. The van der Waals surface area contributed by atoms with Crippen molar-refractivity contribution in [3.8, 4) is 0 Å². The molecular weight excluding hydrogens is 266 g/mol. The van der Waals surface area contributed by atoms with E-state index in [1.807, 2.05) is 25.1 Å². The van der Waals surface area contributed by atoms with Crippen LogP contribution in [0.3, 0.4) is 0 Å². The lowest BCUT2D eigenvalue weighted by Crippen LogP contribution is -2.44. The van der Waals surface area contributed by atoms with Gasteiger partial charge in [-0.2, -0.15) is 0 Å². The van der Waals surface area contributed by atoms with E-state index in [-0.39, 0.29) is 12.5 Å². The van der Waals surface area contributed by atoms with Crippen LogP contribution in [0.5, 0.6) is 0 Å². The molecule has 0 aliphatic heterocycles. The fraction of sp³-hybridized carbons (Fsp3) is 0.412. The summed E-state index contributed by atoms with van der Waals surface area (Å²) >= 11 is 0. The molecule has 0 heterocycles. The average molecular weight is 287 g/mol. The molecule has 0 saturated heterocycles. The molecule has 112 valence electrons. The van der Waals surface area contributed by atoms with Gasteiger partial charge in [-0.05, 0) is 38.7 Å². The Hall–Kier alpha value is -2.10. The summed E-state index contributed by atoms with van der Waals surface area (Å²) in [6, 6.07) is 9.02. The van der Waals surface area contributed by atoms with Gasteiger partial charge < -0.3 is 10.4 Å². The number of rotatable bonds is 5. The van der Waals surface area contributed by atoms with E-state index in [0.717, 1.165) is 30.4 Å². The number of aliphatic carboxylic acids is 1. The first kappa shape index (κ1) is 15.3. The molecule has 2 rings (SSSR count). The van der Waals surface area contributed by atoms with Crippen molar-refractivity contribution in [1.82, 2.24) is 5.32 Å². The van der Waals surface area contributed by atoms with Crippen LogP contribution >= 0.6 is 0 Å². The second-order valence-electron chi connectivity index (χ2n) is 5.80. The maximum Gasteiger partial charge on any atom is 0.315 e. The van der Waals surface area contributed by atoms with Crippen molar-refractivity contribution >= 4 is 11.9 Å². The maximum atomic E-state index is 12.2. The molecule has 1 aromatic rings. The van der Waals surface area contributed by atoms with Crippen LogP contribution in [0.2, 0.25) is 0 Å². The number of amides is 1. The Balaban J connectivity index is 2.13. The Bertz CT molecular complexity index is 577. The van der Waals surface area contributed by atoms with Gasteiger partial charge in [-0.1, -0.05) is 35.9 Å². The van der Waals surface area contributed by atoms with E-state index < -0.39 is 11.4 Å². The van der Waals surface area contributed by atoms with Gasteiger partial charge in [-0.25, -0.2) is 0 Å². The van der Waals surface area contributed by atoms with Crippen LogP contribution in [-0.4, -0.2) is 23.5 Å². The highest BCUT2D eigenvalue weighted by molar-refractivity contribution is 5.95. The highest BCUT2D eigenvalue weighted by Gasteiger charge is 2.36. The first-order chi connectivity index (χ1) is 9.95. The third-order valence-corrected chi connectivity index (χ3v) is 4.25. The van der Waals surface area contributed by atoms with E-state index in [1.165, 1.54) is 0 Å². The van der Waals surface area contributed by atoms with Crippen molar-refractivity contribution in [2.45, 2.75) is 38.5 Å². The topological polar surface area (TPSA) is 66.4 Å². The Morgan fingerprint density at radius 3 is 2.43 bits per heavy atom. The molecule has 2 N–H and O–H groups in total. The minimum atomic E-state index is -1.12. The number of carbonyl (C=O) groups is 2. The molecule has 0 bridgehead atoms. The number of carbonyl (C=O) groups excluding carboxylic acids is 1. The van der Waals surface area contributed by atoms with Crippen molar-refractivity contribution in [3.63, 3.8) is 0 Å². The molecule has 0 fully saturated rings. The van der Waals surface area contributed by atoms with E-state index in [9.17, 15) is 14.7 Å². The van der Waals surface area contributed by atoms with Gasteiger partial charge in [-0.15, -0.1) is 0 Å². The number of nitrogens with one attached hydrogen (secondary N) is 1. The summed E-state index contributed by atoms with van der Waals surface area (Å²) in [5.41, 5.74) is 1.50. The van der Waals surface area contributed by atoms with E-state index in [2.05, 4.69) is 5.32 Å². The first-order valence-electron chi connectivity index (χ1n) is 7.21. The first-order valence-corrected chi connectivity index (χ1v) is 7.21. The lowest BCUT2D eigenvalue weighted by atomic mass is 9.82. The summed E-state index contributed by atoms with van der Waals surface area (Å²) in [5, 5.41) is 12.4. The molecule has 1 aliphatic rings. The number of hydrogen-bond donors (Lipinski definition) is 2. The van der Waals surface area contributed by atoms with Crippen molar-refractivity contribution in [2.75, 3.05) is 6.54 Å². The molecule has 1 unspecified atom stereocenters. The van der Waals surface area contributed by atoms with Crippen LogP contribution in [-0.2, 0) is 15.0 Å². The number of carboxylic acid groups (broad SMARTS) is 1. The molecule has 0 saturated carbocycles. The SMILES string of the molecule is CC1=C(C(=O)NCC(C)(C(=O)O)c2ccccc2)CCC1. The highest BCUT2D eigenvalue weighted by atomic mass is 16.4. The van der Waals surface area contributed by atoms with Crippen molar-refractivity contribution in [2.24, 2.45) is 0 Å². The smallest absolute Gasteiger partial charge is 0.315 e. The molecule has 4 nitrogen and oxygen atoms in total. The number of benzene rings is 1. The van der Waals surface area contributed by atoms with Gasteiger partial charge in [-0.3, -0.25) is 9.59 Å². The van der Waals surface area contributed by atoms with Crippen molar-refractivity contribution in [1.29, 1.82) is 0 Å². The lowest BCUT2D eigenvalue weighted by Gasteiger charge is -2.26. The Morgan fingerprint density at radius 1 is 1.24 bits per heavy atom. The molecule has 1 atom stereocenters. The standard InChI is InChI=1S/C17H21NO3/c1-12-7-6-10-14(12)15(19)18-11-17(2,16(20)21)13-8-4-3-5-9-13/h3-5,8-9H,6-7,10-11H2,1-2H3,(H,18,19)(H,20,21). The predicted molar refractivity (Wildman–Crippen MR) is 81.0 cm³/mol. The second kappa shape index (κ2) is 6.12. The molecular formula is C17H21NO3. The molecule has 0 radical (unpaired) electrons. The largest absolute Gasteiger partial charge is 0.481 e. The Labute approximate surface area is 124 Å². The van der Waals surface area contributed by atoms with Crippen LogP contribution < -0.4 is 5.32 Å². The van der Waals surface area contributed by atoms with Crippen LogP contribution in [0.1, 0.15) is 38.7 Å². The predicted octanol–water partition coefficient (Wildman–Crippen LogP) is 2.65. The monoisotopic (exact) mass is 287 g/mol. The zero-order chi connectivity index (χ0) is 15.5. The van der Waals surface area contributed by atoms with E-state index >= 15 is 0 Å². The van der Waals surface area contributed by atoms with Crippen LogP contribution in [0, 0.1) is 0 Å². The van der Waals surface area contributed by atoms with Gasteiger partial charge >= 0.3 is 5.97 Å². The van der Waals surface area contributed by atoms with Crippen LogP contribution in [0.4, 0.5) is 0 Å². The molecule has 21 heavy (non-hydrogen) atoms. The molecule has 1 aliphatic carbocycles. The van der Waals surface area contributed by atoms with Crippen molar-refractivity contribution < 1.29 is 14.7 Å². The third kappa shape index (κ3) is 3.15. The van der Waals surface area contributed by atoms with Crippen LogP contribution in [0.25, 0.3) is 0 Å².